The summed E-state index contributed by atoms with van der Waals surface area (Å²) in [5.74, 6) is 0. The van der Waals surface area contributed by atoms with Gasteiger partial charge in [0.1, 0.15) is 0 Å². The molecule has 1 aromatic rings. The van der Waals surface area contributed by atoms with Crippen LogP contribution in [0, 0.1) is 6.92 Å². The zero-order chi connectivity index (χ0) is 15.6. The van der Waals surface area contributed by atoms with E-state index in [4.69, 9.17) is 0 Å². The van der Waals surface area contributed by atoms with Crippen LogP contribution in [0.5, 0.6) is 0 Å². The Morgan fingerprint density at radius 2 is 1.86 bits per heavy atom. The second kappa shape index (κ2) is 6.46. The standard InChI is InChI=1S/C16H26N2O2S/c1-12-7-5-8-13(2)18(12)21(19,20)16-10-6-9-15(11-17-4)14(16)3/h6,9-10,12-13,17H,5,7-8,11H2,1-4H3/t12-,13+. The lowest BCUT2D eigenvalue weighted by Gasteiger charge is -2.38. The summed E-state index contributed by atoms with van der Waals surface area (Å²) in [6.45, 7) is 6.61. The van der Waals surface area contributed by atoms with Gasteiger partial charge in [0.05, 0.1) is 4.90 Å². The number of hydrogen-bond acceptors (Lipinski definition) is 3. The third-order valence-corrected chi connectivity index (χ3v) is 6.70. The molecule has 21 heavy (non-hydrogen) atoms. The van der Waals surface area contributed by atoms with Crippen molar-refractivity contribution in [3.05, 3.63) is 29.3 Å². The van der Waals surface area contributed by atoms with Crippen molar-refractivity contribution < 1.29 is 8.42 Å². The SMILES string of the molecule is CNCc1cccc(S(=O)(=O)N2[C@H](C)CCC[C@@H]2C)c1C. The van der Waals surface area contributed by atoms with Crippen molar-refractivity contribution in [2.45, 2.75) is 63.6 Å². The highest BCUT2D eigenvalue weighted by molar-refractivity contribution is 7.89. The minimum Gasteiger partial charge on any atom is -0.316 e. The molecule has 0 spiro atoms. The minimum atomic E-state index is -3.43. The van der Waals surface area contributed by atoms with Crippen LogP contribution in [0.25, 0.3) is 0 Å². The van der Waals surface area contributed by atoms with Crippen LogP contribution in [-0.4, -0.2) is 31.9 Å². The maximum Gasteiger partial charge on any atom is 0.243 e. The van der Waals surface area contributed by atoms with Gasteiger partial charge in [-0.3, -0.25) is 0 Å². The second-order valence-corrected chi connectivity index (χ2v) is 7.85. The van der Waals surface area contributed by atoms with E-state index in [1.807, 2.05) is 40.0 Å². The Balaban J connectivity index is 2.46. The molecule has 0 bridgehead atoms. The van der Waals surface area contributed by atoms with E-state index >= 15 is 0 Å². The Kier molecular flexibility index (Phi) is 5.07. The monoisotopic (exact) mass is 310 g/mol. The van der Waals surface area contributed by atoms with E-state index in [9.17, 15) is 8.42 Å². The number of benzene rings is 1. The first-order valence-corrected chi connectivity index (χ1v) is 9.10. The first kappa shape index (κ1) is 16.5. The van der Waals surface area contributed by atoms with E-state index in [0.29, 0.717) is 11.4 Å². The lowest BCUT2D eigenvalue weighted by molar-refractivity contribution is 0.204. The molecule has 0 saturated carbocycles. The van der Waals surface area contributed by atoms with Crippen molar-refractivity contribution in [3.8, 4) is 0 Å². The molecule has 4 nitrogen and oxygen atoms in total. The molecule has 1 N–H and O–H groups in total. The normalized spacial score (nSPS) is 24.2. The van der Waals surface area contributed by atoms with E-state index in [1.165, 1.54) is 0 Å². The molecule has 1 fully saturated rings. The van der Waals surface area contributed by atoms with Gasteiger partial charge < -0.3 is 5.32 Å². The molecule has 1 aliphatic rings. The molecule has 0 aliphatic carbocycles. The molecular weight excluding hydrogens is 284 g/mol. The zero-order valence-electron chi connectivity index (χ0n) is 13.4. The summed E-state index contributed by atoms with van der Waals surface area (Å²) in [6.07, 6.45) is 2.99. The average Bonchev–Trinajstić information content (AvgIpc) is 2.40. The Morgan fingerprint density at radius 3 is 2.43 bits per heavy atom. The molecule has 0 aromatic heterocycles. The van der Waals surface area contributed by atoms with Crippen LogP contribution in [0.15, 0.2) is 23.1 Å². The number of nitrogens with one attached hydrogen (secondary N) is 1. The summed E-state index contributed by atoms with van der Waals surface area (Å²) < 4.78 is 27.9. The smallest absolute Gasteiger partial charge is 0.243 e. The maximum absolute atomic E-state index is 13.1. The Bertz CT molecular complexity index is 588. The molecule has 0 radical (unpaired) electrons. The summed E-state index contributed by atoms with van der Waals surface area (Å²) in [7, 11) is -1.56. The van der Waals surface area contributed by atoms with E-state index < -0.39 is 10.0 Å². The first-order valence-electron chi connectivity index (χ1n) is 7.66. The molecule has 1 aliphatic heterocycles. The molecule has 0 amide bonds. The summed E-state index contributed by atoms with van der Waals surface area (Å²) in [4.78, 5) is 0.454. The Hall–Kier alpha value is -0.910. The largest absolute Gasteiger partial charge is 0.316 e. The number of nitrogens with zero attached hydrogens (tertiary/aromatic N) is 1. The van der Waals surface area contributed by atoms with Gasteiger partial charge in [-0.15, -0.1) is 0 Å². The number of sulfonamides is 1. The van der Waals surface area contributed by atoms with Gasteiger partial charge in [-0.25, -0.2) is 8.42 Å². The fourth-order valence-corrected chi connectivity index (χ4v) is 5.46. The van der Waals surface area contributed by atoms with E-state index in [1.54, 1.807) is 10.4 Å². The van der Waals surface area contributed by atoms with Crippen molar-refractivity contribution in [1.29, 1.82) is 0 Å². The quantitative estimate of drug-likeness (QED) is 0.930. The van der Waals surface area contributed by atoms with Gasteiger partial charge in [0.2, 0.25) is 10.0 Å². The van der Waals surface area contributed by atoms with Crippen molar-refractivity contribution in [2.75, 3.05) is 7.05 Å². The topological polar surface area (TPSA) is 49.4 Å². The molecule has 118 valence electrons. The second-order valence-electron chi connectivity index (χ2n) is 6.03. The van der Waals surface area contributed by atoms with Gasteiger partial charge in [-0.1, -0.05) is 18.6 Å². The maximum atomic E-state index is 13.1. The van der Waals surface area contributed by atoms with Crippen LogP contribution in [0.3, 0.4) is 0 Å². The fourth-order valence-electron chi connectivity index (χ4n) is 3.31. The van der Waals surface area contributed by atoms with Gasteiger partial charge in [0.25, 0.3) is 0 Å². The van der Waals surface area contributed by atoms with Crippen molar-refractivity contribution in [1.82, 2.24) is 9.62 Å². The average molecular weight is 310 g/mol. The zero-order valence-corrected chi connectivity index (χ0v) is 14.2. The molecule has 0 unspecified atom stereocenters. The molecule has 2 rings (SSSR count). The minimum absolute atomic E-state index is 0.0751. The highest BCUT2D eigenvalue weighted by Crippen LogP contribution is 2.31. The molecule has 5 heteroatoms. The number of piperidine rings is 1. The third-order valence-electron chi connectivity index (χ3n) is 4.43. The van der Waals surface area contributed by atoms with Gasteiger partial charge in [-0.05, 0) is 57.9 Å². The fraction of sp³-hybridized carbons (Fsp3) is 0.625. The van der Waals surface area contributed by atoms with E-state index in [0.717, 1.165) is 30.4 Å². The summed E-state index contributed by atoms with van der Waals surface area (Å²) >= 11 is 0. The Morgan fingerprint density at radius 1 is 1.24 bits per heavy atom. The van der Waals surface area contributed by atoms with Crippen LogP contribution in [-0.2, 0) is 16.6 Å². The van der Waals surface area contributed by atoms with Crippen LogP contribution < -0.4 is 5.32 Å². The predicted octanol–water partition coefficient (Wildman–Crippen LogP) is 2.67. The molecular formula is C16H26N2O2S. The molecule has 1 heterocycles. The number of hydrogen-bond donors (Lipinski definition) is 1. The molecule has 2 atom stereocenters. The van der Waals surface area contributed by atoms with Crippen LogP contribution in [0.1, 0.15) is 44.2 Å². The van der Waals surface area contributed by atoms with Crippen LogP contribution in [0.2, 0.25) is 0 Å². The van der Waals surface area contributed by atoms with Gasteiger partial charge >= 0.3 is 0 Å². The lowest BCUT2D eigenvalue weighted by Crippen LogP contribution is -2.47. The van der Waals surface area contributed by atoms with Crippen molar-refractivity contribution in [2.24, 2.45) is 0 Å². The van der Waals surface area contributed by atoms with Gasteiger partial charge in [0, 0.05) is 18.6 Å². The van der Waals surface area contributed by atoms with Gasteiger partial charge in [-0.2, -0.15) is 4.31 Å². The Labute approximate surface area is 128 Å². The highest BCUT2D eigenvalue weighted by atomic mass is 32.2. The summed E-state index contributed by atoms with van der Waals surface area (Å²) in [5.41, 5.74) is 1.90. The summed E-state index contributed by atoms with van der Waals surface area (Å²) in [6, 6.07) is 5.70. The van der Waals surface area contributed by atoms with Crippen LogP contribution in [0.4, 0.5) is 0 Å². The number of rotatable bonds is 4. The lowest BCUT2D eigenvalue weighted by atomic mass is 10.0. The van der Waals surface area contributed by atoms with Crippen LogP contribution >= 0.6 is 0 Å². The predicted molar refractivity (Wildman–Crippen MR) is 85.7 cm³/mol. The van der Waals surface area contributed by atoms with Crippen molar-refractivity contribution in [3.63, 3.8) is 0 Å². The molecule has 1 aromatic carbocycles. The van der Waals surface area contributed by atoms with E-state index in [2.05, 4.69) is 5.32 Å². The first-order chi connectivity index (χ1) is 9.89. The van der Waals surface area contributed by atoms with Gasteiger partial charge in [0.15, 0.2) is 0 Å². The molecule has 1 saturated heterocycles. The van der Waals surface area contributed by atoms with E-state index in [-0.39, 0.29) is 12.1 Å². The highest BCUT2D eigenvalue weighted by Gasteiger charge is 2.36. The summed E-state index contributed by atoms with van der Waals surface area (Å²) in [5, 5.41) is 3.09. The third kappa shape index (κ3) is 3.15. The van der Waals surface area contributed by atoms with Crippen molar-refractivity contribution >= 4 is 10.0 Å².